The van der Waals surface area contributed by atoms with Gasteiger partial charge in [-0.25, -0.2) is 13.4 Å². The second kappa shape index (κ2) is 9.10. The van der Waals surface area contributed by atoms with E-state index >= 15 is 0 Å². The predicted octanol–water partition coefficient (Wildman–Crippen LogP) is 1.81. The summed E-state index contributed by atoms with van der Waals surface area (Å²) in [5.41, 5.74) is 0.179. The first-order valence-corrected chi connectivity index (χ1v) is 12.6. The van der Waals surface area contributed by atoms with Crippen molar-refractivity contribution in [3.8, 4) is 0 Å². The number of likely N-dealkylation sites (tertiary alicyclic amines) is 1. The molecule has 1 aliphatic rings. The van der Waals surface area contributed by atoms with Crippen LogP contribution in [0.1, 0.15) is 12.8 Å². The van der Waals surface area contributed by atoms with Gasteiger partial charge in [0.15, 0.2) is 0 Å². The van der Waals surface area contributed by atoms with Crippen LogP contribution in [0.15, 0.2) is 51.7 Å². The number of thiophene rings is 1. The summed E-state index contributed by atoms with van der Waals surface area (Å²) in [6.07, 6.45) is 2.95. The molecule has 0 bridgehead atoms. The lowest BCUT2D eigenvalue weighted by Crippen LogP contribution is -2.44. The second-order valence-corrected chi connectivity index (χ2v) is 10.8. The molecule has 32 heavy (non-hydrogen) atoms. The number of benzene rings is 1. The average molecular weight is 476 g/mol. The van der Waals surface area contributed by atoms with Gasteiger partial charge < -0.3 is 10.2 Å². The Kier molecular flexibility index (Phi) is 6.42. The van der Waals surface area contributed by atoms with Crippen LogP contribution in [-0.2, 0) is 21.4 Å². The molecular formula is C21H25N5O4S2. The van der Waals surface area contributed by atoms with Gasteiger partial charge in [0, 0.05) is 18.8 Å². The normalized spacial score (nSPS) is 16.0. The number of hydrogen-bond donors (Lipinski definition) is 1. The molecule has 0 radical (unpaired) electrons. The number of sulfonamides is 1. The van der Waals surface area contributed by atoms with E-state index in [0.29, 0.717) is 15.9 Å². The maximum absolute atomic E-state index is 13.0. The Labute approximate surface area is 190 Å². The number of anilines is 1. The number of nitrogens with zero attached hydrogens (tertiary/aromatic N) is 4. The monoisotopic (exact) mass is 475 g/mol. The summed E-state index contributed by atoms with van der Waals surface area (Å²) in [5, 5.41) is 4.96. The first-order valence-electron chi connectivity index (χ1n) is 10.2. The highest BCUT2D eigenvalue weighted by atomic mass is 32.2. The summed E-state index contributed by atoms with van der Waals surface area (Å²) in [6.45, 7) is 1.55. The summed E-state index contributed by atoms with van der Waals surface area (Å²) in [7, 11) is 0.0336. The molecule has 1 N–H and O–H groups in total. The van der Waals surface area contributed by atoms with Crippen LogP contribution in [0.4, 0.5) is 5.69 Å². The van der Waals surface area contributed by atoms with Crippen molar-refractivity contribution in [1.82, 2.24) is 18.8 Å². The lowest BCUT2D eigenvalue weighted by molar-refractivity contribution is -0.116. The molecule has 1 amide bonds. The molecule has 4 rings (SSSR count). The maximum atomic E-state index is 13.0. The standard InChI is InChI=1S/C21H25N5O4S2/c1-24-10-7-16(8-11-24)25(2)32(29,30)17-5-3-15(4-6-17)23-19(27)13-26-14-22-20-18(21(26)28)9-12-31-20/h3-6,9,12,14,16H,7-8,10-11,13H2,1-2H3,(H,23,27). The number of hydrogen-bond acceptors (Lipinski definition) is 7. The Balaban J connectivity index is 1.42. The van der Waals surface area contributed by atoms with Crippen molar-refractivity contribution in [3.63, 3.8) is 0 Å². The number of piperidine rings is 1. The maximum Gasteiger partial charge on any atom is 0.262 e. The van der Waals surface area contributed by atoms with Gasteiger partial charge in [-0.1, -0.05) is 0 Å². The van der Waals surface area contributed by atoms with E-state index in [1.54, 1.807) is 30.6 Å². The number of carbonyl (C=O) groups excluding carboxylic acids is 1. The van der Waals surface area contributed by atoms with Crippen molar-refractivity contribution >= 4 is 43.2 Å². The third kappa shape index (κ3) is 4.60. The third-order valence-electron chi connectivity index (χ3n) is 5.78. The topological polar surface area (TPSA) is 105 Å². The van der Waals surface area contributed by atoms with Crippen LogP contribution in [0.5, 0.6) is 0 Å². The van der Waals surface area contributed by atoms with Crippen LogP contribution >= 0.6 is 11.3 Å². The first-order chi connectivity index (χ1) is 15.3. The SMILES string of the molecule is CN1CCC(N(C)S(=O)(=O)c2ccc(NC(=O)Cn3cnc4sccc4c3=O)cc2)CC1. The average Bonchev–Trinajstić information content (AvgIpc) is 3.26. The lowest BCUT2D eigenvalue weighted by Gasteiger charge is -2.34. The Hall–Kier alpha value is -2.60. The molecule has 1 saturated heterocycles. The fourth-order valence-electron chi connectivity index (χ4n) is 3.79. The summed E-state index contributed by atoms with van der Waals surface area (Å²) < 4.78 is 28.7. The summed E-state index contributed by atoms with van der Waals surface area (Å²) in [6, 6.07) is 7.74. The van der Waals surface area contributed by atoms with Crippen LogP contribution in [-0.4, -0.2) is 66.3 Å². The van der Waals surface area contributed by atoms with Crippen molar-refractivity contribution in [2.24, 2.45) is 0 Å². The smallest absolute Gasteiger partial charge is 0.262 e. The highest BCUT2D eigenvalue weighted by Crippen LogP contribution is 2.23. The van der Waals surface area contributed by atoms with Gasteiger partial charge in [-0.2, -0.15) is 4.31 Å². The van der Waals surface area contributed by atoms with Gasteiger partial charge in [0.1, 0.15) is 11.4 Å². The van der Waals surface area contributed by atoms with E-state index in [0.717, 1.165) is 25.9 Å². The highest BCUT2D eigenvalue weighted by Gasteiger charge is 2.30. The Bertz CT molecular complexity index is 1280. The minimum atomic E-state index is -3.62. The van der Waals surface area contributed by atoms with Crippen LogP contribution in [0.25, 0.3) is 10.2 Å². The summed E-state index contributed by atoms with van der Waals surface area (Å²) in [4.78, 5) is 32.0. The van der Waals surface area contributed by atoms with Gasteiger partial charge in [-0.15, -0.1) is 11.3 Å². The molecule has 2 aromatic heterocycles. The Morgan fingerprint density at radius 1 is 1.22 bits per heavy atom. The van der Waals surface area contributed by atoms with Crippen LogP contribution in [0, 0.1) is 0 Å². The minimum Gasteiger partial charge on any atom is -0.325 e. The fourth-order valence-corrected chi connectivity index (χ4v) is 5.93. The number of aromatic nitrogens is 2. The molecule has 3 heterocycles. The molecule has 170 valence electrons. The largest absolute Gasteiger partial charge is 0.325 e. The molecule has 11 heteroatoms. The van der Waals surface area contributed by atoms with Gasteiger partial charge in [-0.3, -0.25) is 14.2 Å². The van der Waals surface area contributed by atoms with Gasteiger partial charge in [0.25, 0.3) is 5.56 Å². The predicted molar refractivity (Wildman–Crippen MR) is 124 cm³/mol. The molecular weight excluding hydrogens is 450 g/mol. The van der Waals surface area contributed by atoms with Crippen molar-refractivity contribution in [3.05, 3.63) is 52.4 Å². The van der Waals surface area contributed by atoms with Gasteiger partial charge >= 0.3 is 0 Å². The van der Waals surface area contributed by atoms with Crippen molar-refractivity contribution in [1.29, 1.82) is 0 Å². The van der Waals surface area contributed by atoms with Crippen molar-refractivity contribution < 1.29 is 13.2 Å². The minimum absolute atomic E-state index is 0.0249. The van der Waals surface area contributed by atoms with E-state index in [2.05, 4.69) is 15.2 Å². The van der Waals surface area contributed by atoms with E-state index in [9.17, 15) is 18.0 Å². The number of rotatable bonds is 6. The van der Waals surface area contributed by atoms with Crippen molar-refractivity contribution in [2.45, 2.75) is 30.3 Å². The molecule has 0 saturated carbocycles. The molecule has 0 spiro atoms. The second-order valence-electron chi connectivity index (χ2n) is 7.95. The number of carbonyl (C=O) groups is 1. The Morgan fingerprint density at radius 2 is 1.91 bits per heavy atom. The summed E-state index contributed by atoms with van der Waals surface area (Å²) >= 11 is 1.37. The van der Waals surface area contributed by atoms with Gasteiger partial charge in [0.2, 0.25) is 15.9 Å². The molecule has 1 aliphatic heterocycles. The molecule has 0 aliphatic carbocycles. The third-order valence-corrected chi connectivity index (χ3v) is 8.53. The number of fused-ring (bicyclic) bond motifs is 1. The van der Waals surface area contributed by atoms with E-state index in [4.69, 9.17) is 0 Å². The zero-order valence-corrected chi connectivity index (χ0v) is 19.5. The zero-order valence-electron chi connectivity index (χ0n) is 17.9. The van der Waals surface area contributed by atoms with Gasteiger partial charge in [-0.05, 0) is 68.7 Å². The molecule has 1 aromatic carbocycles. The molecule has 9 nitrogen and oxygen atoms in total. The fraction of sp³-hybridized carbons (Fsp3) is 0.381. The summed E-state index contributed by atoms with van der Waals surface area (Å²) in [5.74, 6) is -0.400. The number of nitrogens with one attached hydrogen (secondary N) is 1. The van der Waals surface area contributed by atoms with E-state index in [1.807, 2.05) is 7.05 Å². The zero-order chi connectivity index (χ0) is 22.9. The molecule has 0 unspecified atom stereocenters. The van der Waals surface area contributed by atoms with Crippen molar-refractivity contribution in [2.75, 3.05) is 32.5 Å². The molecule has 1 fully saturated rings. The quantitative estimate of drug-likeness (QED) is 0.583. The Morgan fingerprint density at radius 3 is 2.59 bits per heavy atom. The number of amides is 1. The van der Waals surface area contributed by atoms with Crippen LogP contribution < -0.4 is 10.9 Å². The highest BCUT2D eigenvalue weighted by molar-refractivity contribution is 7.89. The van der Waals surface area contributed by atoms with E-state index in [1.165, 1.54) is 38.7 Å². The molecule has 0 atom stereocenters. The molecule has 3 aromatic rings. The van der Waals surface area contributed by atoms with Crippen LogP contribution in [0.3, 0.4) is 0 Å². The van der Waals surface area contributed by atoms with Gasteiger partial charge in [0.05, 0.1) is 16.6 Å². The first kappa shape index (κ1) is 22.6. The van der Waals surface area contributed by atoms with Crippen LogP contribution in [0.2, 0.25) is 0 Å². The van der Waals surface area contributed by atoms with E-state index < -0.39 is 15.9 Å². The van der Waals surface area contributed by atoms with E-state index in [-0.39, 0.29) is 23.0 Å². The lowest BCUT2D eigenvalue weighted by atomic mass is 10.1.